The van der Waals surface area contributed by atoms with Crippen LogP contribution in [-0.4, -0.2) is 90.3 Å². The van der Waals surface area contributed by atoms with Crippen LogP contribution in [0.1, 0.15) is 118 Å². The lowest BCUT2D eigenvalue weighted by molar-refractivity contribution is -0.154. The number of esters is 2. The van der Waals surface area contributed by atoms with Gasteiger partial charge in [-0.15, -0.1) is 0 Å². The molecule has 330 valence electrons. The van der Waals surface area contributed by atoms with Crippen molar-refractivity contribution in [3.8, 4) is 11.6 Å². The van der Waals surface area contributed by atoms with E-state index in [-0.39, 0.29) is 86.4 Å². The number of amides is 1. The molecule has 4 heterocycles. The molecule has 7 rings (SSSR count). The second-order valence-corrected chi connectivity index (χ2v) is 19.4. The van der Waals surface area contributed by atoms with Crippen LogP contribution >= 0.6 is 15.9 Å². The third-order valence-corrected chi connectivity index (χ3v) is 14.4. The number of hydrogen-bond donors (Lipinski definition) is 0. The SMILES string of the molecule is CCOC(=O)[C@]12CC(=O)[C@@H]3C[C@@H](Oc4nc5ccccc5c(OC)c4Br)CN3C(=O)[C@@H](CC(=O)O[C@@H]3C[C@H]3CCC/C=C/B3OC(C)(C)C(C)(C)O3)CCCCC/C=C\[C@@H]1C2. The zero-order chi connectivity index (χ0) is 43.5. The number of hydrogen-bond acceptors (Lipinski definition) is 11. The van der Waals surface area contributed by atoms with Crippen molar-refractivity contribution in [2.45, 2.75) is 148 Å². The number of benzene rings is 1. The highest BCUT2D eigenvalue weighted by Crippen LogP contribution is 2.58. The lowest BCUT2D eigenvalue weighted by atomic mass is 9.89. The molecular formula is C47H62BBrN2O10. The van der Waals surface area contributed by atoms with Gasteiger partial charge in [-0.1, -0.05) is 49.2 Å². The van der Waals surface area contributed by atoms with E-state index in [0.717, 1.165) is 56.8 Å². The molecule has 4 fully saturated rings. The second-order valence-electron chi connectivity index (χ2n) is 18.6. The first-order valence-corrected chi connectivity index (χ1v) is 23.1. The second kappa shape index (κ2) is 18.9. The number of allylic oxidation sites excluding steroid dienone is 3. The summed E-state index contributed by atoms with van der Waals surface area (Å²) in [6.45, 7) is 10.3. The van der Waals surface area contributed by atoms with E-state index in [1.807, 2.05) is 57.9 Å². The maximum absolute atomic E-state index is 14.8. The summed E-state index contributed by atoms with van der Waals surface area (Å²) in [6, 6.07) is 6.71. The number of ketones is 1. The number of unbranched alkanes of at least 4 members (excludes halogenated alkanes) is 1. The summed E-state index contributed by atoms with van der Waals surface area (Å²) >= 11 is 3.63. The van der Waals surface area contributed by atoms with Gasteiger partial charge in [0.1, 0.15) is 22.4 Å². The number of methoxy groups -OCH3 is 1. The first-order chi connectivity index (χ1) is 29.2. The molecule has 61 heavy (non-hydrogen) atoms. The molecule has 2 saturated carbocycles. The van der Waals surface area contributed by atoms with Gasteiger partial charge in [0.15, 0.2) is 5.78 Å². The molecule has 3 aliphatic heterocycles. The Hall–Kier alpha value is -3.75. The normalized spacial score (nSPS) is 30.3. The third-order valence-electron chi connectivity index (χ3n) is 13.7. The summed E-state index contributed by atoms with van der Waals surface area (Å²) in [5, 5.41) is 0.810. The molecule has 2 aliphatic carbocycles. The lowest BCUT2D eigenvalue weighted by Gasteiger charge is -2.32. The predicted octanol–water partition coefficient (Wildman–Crippen LogP) is 8.70. The smallest absolute Gasteiger partial charge is 0.486 e. The van der Waals surface area contributed by atoms with E-state index in [9.17, 15) is 19.2 Å². The van der Waals surface area contributed by atoms with Crippen molar-refractivity contribution in [2.75, 3.05) is 20.3 Å². The van der Waals surface area contributed by atoms with E-state index in [0.29, 0.717) is 40.4 Å². The summed E-state index contributed by atoms with van der Waals surface area (Å²) in [5.41, 5.74) is -1.03. The van der Waals surface area contributed by atoms with E-state index in [1.54, 1.807) is 18.9 Å². The number of carbonyl (C=O) groups excluding carboxylic acids is 4. The van der Waals surface area contributed by atoms with Crippen molar-refractivity contribution < 1.29 is 47.4 Å². The Balaban J connectivity index is 1.03. The number of fused-ring (bicyclic) bond motifs is 3. The van der Waals surface area contributed by atoms with Gasteiger partial charge >= 0.3 is 19.1 Å². The summed E-state index contributed by atoms with van der Waals surface area (Å²) in [7, 11) is 1.22. The minimum atomic E-state index is -0.957. The fourth-order valence-corrected chi connectivity index (χ4v) is 9.76. The topological polar surface area (TPSA) is 140 Å². The highest BCUT2D eigenvalue weighted by molar-refractivity contribution is 9.10. The molecule has 1 aromatic carbocycles. The fourth-order valence-electron chi connectivity index (χ4n) is 9.20. The molecule has 0 unspecified atom stereocenters. The van der Waals surface area contributed by atoms with Gasteiger partial charge in [-0.2, -0.15) is 0 Å². The molecule has 0 N–H and O–H groups in total. The molecule has 5 aliphatic rings. The van der Waals surface area contributed by atoms with E-state index in [4.69, 9.17) is 33.2 Å². The van der Waals surface area contributed by atoms with Crippen molar-refractivity contribution in [3.63, 3.8) is 0 Å². The van der Waals surface area contributed by atoms with Crippen LogP contribution < -0.4 is 9.47 Å². The number of nitrogens with zero attached hydrogens (tertiary/aromatic N) is 2. The van der Waals surface area contributed by atoms with E-state index >= 15 is 0 Å². The van der Waals surface area contributed by atoms with Gasteiger partial charge in [-0.25, -0.2) is 4.98 Å². The van der Waals surface area contributed by atoms with Crippen molar-refractivity contribution in [3.05, 3.63) is 52.9 Å². The van der Waals surface area contributed by atoms with Crippen LogP contribution in [0.15, 0.2) is 52.9 Å². The molecule has 1 amide bonds. The lowest BCUT2D eigenvalue weighted by Crippen LogP contribution is -2.45. The Morgan fingerprint density at radius 2 is 1.84 bits per heavy atom. The molecule has 0 spiro atoms. The Morgan fingerprint density at radius 3 is 2.59 bits per heavy atom. The Bertz CT molecular complexity index is 2010. The number of ether oxygens (including phenoxy) is 4. The highest BCUT2D eigenvalue weighted by atomic mass is 79.9. The molecule has 7 atom stereocenters. The van der Waals surface area contributed by atoms with Crippen LogP contribution in [0.4, 0.5) is 0 Å². The quantitative estimate of drug-likeness (QED) is 0.0826. The van der Waals surface area contributed by atoms with E-state index in [1.165, 1.54) is 0 Å². The molecule has 0 radical (unpaired) electrons. The van der Waals surface area contributed by atoms with Gasteiger partial charge in [-0.05, 0) is 126 Å². The summed E-state index contributed by atoms with van der Waals surface area (Å²) in [4.78, 5) is 62.6. The summed E-state index contributed by atoms with van der Waals surface area (Å²) < 4.78 is 36.4. The molecule has 14 heteroatoms. The summed E-state index contributed by atoms with van der Waals surface area (Å²) in [6.07, 6.45) is 13.6. The number of halogens is 1. The van der Waals surface area contributed by atoms with Gasteiger partial charge in [0.2, 0.25) is 11.8 Å². The molecule has 2 aromatic rings. The van der Waals surface area contributed by atoms with Crippen LogP contribution in [0.25, 0.3) is 10.9 Å². The van der Waals surface area contributed by atoms with Crippen molar-refractivity contribution >= 4 is 57.6 Å². The Morgan fingerprint density at radius 1 is 1.07 bits per heavy atom. The first kappa shape index (κ1) is 45.3. The standard InChI is InChI=1S/C47H62BBrN2O10/c1-7-57-44(55)47-27-32(47)20-14-10-8-9-12-19-31(25-39(53)59-38-24-30(38)18-13-11-17-23-48-60-45(2,3)46(4,5)61-48)43(54)51-29-33(26-36(51)37(52)28-47)58-42-40(49)41(56-6)34-21-15-16-22-35(34)50-42/h14-17,20-23,30-33,36,38H,7-13,18-19,24-29H2,1-6H3/b20-14-,23-17+/t30-,31-,32-,33-,36+,38-,47-/m1/s1. The van der Waals surface area contributed by atoms with E-state index < -0.39 is 23.5 Å². The third kappa shape index (κ3) is 10.2. The van der Waals surface area contributed by atoms with Gasteiger partial charge < -0.3 is 33.2 Å². The maximum Gasteiger partial charge on any atom is 0.486 e. The van der Waals surface area contributed by atoms with Crippen molar-refractivity contribution in [1.29, 1.82) is 0 Å². The Labute approximate surface area is 369 Å². The molecule has 12 nitrogen and oxygen atoms in total. The number of rotatable bonds is 13. The van der Waals surface area contributed by atoms with Crippen LogP contribution in [0.3, 0.4) is 0 Å². The Kier molecular flexibility index (Phi) is 14.1. The minimum absolute atomic E-state index is 0.0438. The van der Waals surface area contributed by atoms with E-state index in [2.05, 4.69) is 34.2 Å². The highest BCUT2D eigenvalue weighted by Gasteiger charge is 2.62. The van der Waals surface area contributed by atoms with Gasteiger partial charge in [0, 0.05) is 24.1 Å². The predicted molar refractivity (Wildman–Crippen MR) is 235 cm³/mol. The number of pyridine rings is 1. The number of Topliss-reactive ketones (excluding diaryl/α,β-unsaturated/α-hetero) is 1. The zero-order valence-corrected chi connectivity index (χ0v) is 38.2. The molecular weight excluding hydrogens is 843 g/mol. The van der Waals surface area contributed by atoms with Crippen molar-refractivity contribution in [1.82, 2.24) is 9.88 Å². The van der Waals surface area contributed by atoms with Crippen molar-refractivity contribution in [2.24, 2.45) is 23.2 Å². The van der Waals surface area contributed by atoms with Gasteiger partial charge in [0.25, 0.3) is 0 Å². The average molecular weight is 906 g/mol. The largest absolute Gasteiger partial charge is 0.495 e. The molecule has 2 saturated heterocycles. The van der Waals surface area contributed by atoms with Crippen LogP contribution in [0, 0.1) is 23.2 Å². The van der Waals surface area contributed by atoms with Gasteiger partial charge in [0.05, 0.1) is 54.9 Å². The fraction of sp³-hybridized carbons (Fsp3) is 0.638. The zero-order valence-electron chi connectivity index (χ0n) is 36.6. The number of para-hydroxylation sites is 1. The minimum Gasteiger partial charge on any atom is -0.495 e. The van der Waals surface area contributed by atoms with Crippen LogP contribution in [-0.2, 0) is 38.0 Å². The monoisotopic (exact) mass is 904 g/mol. The summed E-state index contributed by atoms with van der Waals surface area (Å²) in [5.74, 6) is 1.12. The first-order valence-electron chi connectivity index (χ1n) is 22.3. The molecule has 1 aromatic heterocycles. The van der Waals surface area contributed by atoms with Gasteiger partial charge in [-0.3, -0.25) is 19.2 Å². The molecule has 0 bridgehead atoms. The number of aromatic nitrogens is 1. The van der Waals surface area contributed by atoms with Crippen LogP contribution in [0.5, 0.6) is 11.6 Å². The maximum atomic E-state index is 14.8. The number of carbonyl (C=O) groups is 4. The van der Waals surface area contributed by atoms with Crippen LogP contribution in [0.2, 0.25) is 0 Å². The average Bonchev–Trinajstić information content (AvgIpc) is 4.05.